The van der Waals surface area contributed by atoms with Crippen LogP contribution >= 0.6 is 0 Å². The average molecular weight is 344 g/mol. The summed E-state index contributed by atoms with van der Waals surface area (Å²) in [7, 11) is -3.86. The van der Waals surface area contributed by atoms with E-state index in [9.17, 15) is 13.2 Å². The third-order valence-electron chi connectivity index (χ3n) is 3.60. The van der Waals surface area contributed by atoms with Gasteiger partial charge in [0.25, 0.3) is 10.0 Å². The van der Waals surface area contributed by atoms with Gasteiger partial charge in [0.05, 0.1) is 16.9 Å². The van der Waals surface area contributed by atoms with Gasteiger partial charge in [-0.3, -0.25) is 4.79 Å². The summed E-state index contributed by atoms with van der Waals surface area (Å²) in [5, 5.41) is 0.409. The maximum Gasteiger partial charge on any atom is 0.269 e. The van der Waals surface area contributed by atoms with Gasteiger partial charge in [0.2, 0.25) is 0 Å². The topological polar surface area (TPSA) is 78.3 Å². The fourth-order valence-corrected chi connectivity index (χ4v) is 3.87. The number of hydrogen-bond acceptors (Lipinski definition) is 5. The van der Waals surface area contributed by atoms with Gasteiger partial charge < -0.3 is 4.74 Å². The molecule has 0 spiro atoms. The second-order valence-electron chi connectivity index (χ2n) is 5.15. The molecule has 0 aliphatic carbocycles. The fourth-order valence-electron chi connectivity index (χ4n) is 2.53. The maximum atomic E-state index is 12.9. The zero-order valence-electron chi connectivity index (χ0n) is 13.3. The lowest BCUT2D eigenvalue weighted by atomic mass is 10.1. The fraction of sp³-hybridized carbons (Fsp3) is 0.176. The molecule has 0 aliphatic heterocycles. The number of benzene rings is 1. The molecule has 0 atom stereocenters. The molecule has 0 N–H and O–H groups in total. The van der Waals surface area contributed by atoms with E-state index in [2.05, 4.69) is 4.98 Å². The summed E-state index contributed by atoms with van der Waals surface area (Å²) in [5.41, 5.74) is 0.441. The summed E-state index contributed by atoms with van der Waals surface area (Å²) >= 11 is 0. The minimum Gasteiger partial charge on any atom is -0.493 e. The summed E-state index contributed by atoms with van der Waals surface area (Å²) in [4.78, 5) is 16.3. The van der Waals surface area contributed by atoms with E-state index in [4.69, 9.17) is 4.74 Å². The molecule has 0 saturated carbocycles. The third kappa shape index (κ3) is 2.56. The first-order chi connectivity index (χ1) is 11.5. The van der Waals surface area contributed by atoms with Crippen LogP contribution in [-0.2, 0) is 10.0 Å². The van der Waals surface area contributed by atoms with Crippen molar-refractivity contribution in [2.45, 2.75) is 18.7 Å². The van der Waals surface area contributed by atoms with Gasteiger partial charge in [-0.25, -0.2) is 17.4 Å². The minimum atomic E-state index is -3.86. The number of Topliss-reactive ketones (excluding diaryl/α,β-unsaturated/α-hetero) is 1. The monoisotopic (exact) mass is 344 g/mol. The lowest BCUT2D eigenvalue weighted by molar-refractivity contribution is 0.101. The quantitative estimate of drug-likeness (QED) is 0.665. The first-order valence-corrected chi connectivity index (χ1v) is 8.85. The summed E-state index contributed by atoms with van der Waals surface area (Å²) < 4.78 is 32.4. The molecule has 2 heterocycles. The number of ether oxygens (including phenoxy) is 1. The number of pyridine rings is 1. The molecule has 1 aromatic carbocycles. The van der Waals surface area contributed by atoms with Gasteiger partial charge in [-0.15, -0.1) is 0 Å². The van der Waals surface area contributed by atoms with Crippen molar-refractivity contribution in [3.05, 3.63) is 54.4 Å². The van der Waals surface area contributed by atoms with Crippen molar-refractivity contribution in [2.24, 2.45) is 0 Å². The molecular weight excluding hydrogens is 328 g/mol. The predicted octanol–water partition coefficient (Wildman–Crippen LogP) is 2.87. The molecule has 3 aromatic rings. The summed E-state index contributed by atoms with van der Waals surface area (Å²) in [6.07, 6.45) is 2.78. The molecular formula is C17H16N2O4S. The number of carbonyl (C=O) groups excluding carboxylic acids is 1. The van der Waals surface area contributed by atoms with Crippen LogP contribution in [0.2, 0.25) is 0 Å². The van der Waals surface area contributed by atoms with Crippen LogP contribution in [0.3, 0.4) is 0 Å². The molecule has 7 heteroatoms. The van der Waals surface area contributed by atoms with Crippen LogP contribution in [0.1, 0.15) is 24.2 Å². The highest BCUT2D eigenvalue weighted by Gasteiger charge is 2.25. The van der Waals surface area contributed by atoms with Crippen LogP contribution in [0.4, 0.5) is 0 Å². The van der Waals surface area contributed by atoms with Gasteiger partial charge in [0.15, 0.2) is 11.4 Å². The molecule has 124 valence electrons. The van der Waals surface area contributed by atoms with E-state index in [0.29, 0.717) is 17.7 Å². The molecule has 2 aromatic heterocycles. The average Bonchev–Trinajstić information content (AvgIpc) is 2.98. The van der Waals surface area contributed by atoms with Crippen LogP contribution in [-0.4, -0.2) is 29.8 Å². The van der Waals surface area contributed by atoms with Gasteiger partial charge in [-0.2, -0.15) is 0 Å². The van der Waals surface area contributed by atoms with Crippen molar-refractivity contribution < 1.29 is 17.9 Å². The zero-order chi connectivity index (χ0) is 17.3. The van der Waals surface area contributed by atoms with Crippen molar-refractivity contribution in [3.8, 4) is 5.75 Å². The van der Waals surface area contributed by atoms with Gasteiger partial charge >= 0.3 is 0 Å². The lowest BCUT2D eigenvalue weighted by Crippen LogP contribution is -2.12. The molecule has 6 nitrogen and oxygen atoms in total. The molecule has 0 fully saturated rings. The first kappa shape index (κ1) is 16.2. The molecule has 0 aliphatic rings. The van der Waals surface area contributed by atoms with Crippen molar-refractivity contribution in [1.82, 2.24) is 8.96 Å². The number of hydrogen-bond donors (Lipinski definition) is 0. The van der Waals surface area contributed by atoms with E-state index in [0.717, 1.165) is 3.97 Å². The first-order valence-electron chi connectivity index (χ1n) is 7.41. The maximum absolute atomic E-state index is 12.9. The van der Waals surface area contributed by atoms with E-state index in [1.807, 2.05) is 6.92 Å². The molecule has 0 amide bonds. The number of carbonyl (C=O) groups is 1. The predicted molar refractivity (Wildman–Crippen MR) is 89.9 cm³/mol. The standard InChI is InChI=1S/C17H16N2O4S/c1-3-23-15-9-10-18-17-16(15)14(12(2)20)11-19(17)24(21,22)13-7-5-4-6-8-13/h4-11H,3H2,1-2H3. The Morgan fingerprint density at radius 2 is 1.92 bits per heavy atom. The Kier molecular flexibility index (Phi) is 4.11. The van der Waals surface area contributed by atoms with E-state index in [-0.39, 0.29) is 21.9 Å². The van der Waals surface area contributed by atoms with Crippen molar-refractivity contribution in [1.29, 1.82) is 0 Å². The van der Waals surface area contributed by atoms with E-state index in [1.54, 1.807) is 24.3 Å². The number of nitrogens with zero attached hydrogens (tertiary/aromatic N) is 2. The van der Waals surface area contributed by atoms with Gasteiger partial charge in [-0.1, -0.05) is 18.2 Å². The molecule has 0 radical (unpaired) electrons. The highest BCUT2D eigenvalue weighted by Crippen LogP contribution is 2.31. The van der Waals surface area contributed by atoms with E-state index < -0.39 is 10.0 Å². The van der Waals surface area contributed by atoms with Crippen LogP contribution < -0.4 is 4.74 Å². The molecule has 0 bridgehead atoms. The number of rotatable bonds is 5. The van der Waals surface area contributed by atoms with Crippen molar-refractivity contribution in [2.75, 3.05) is 6.61 Å². The third-order valence-corrected chi connectivity index (χ3v) is 5.26. The highest BCUT2D eigenvalue weighted by molar-refractivity contribution is 7.90. The zero-order valence-corrected chi connectivity index (χ0v) is 14.1. The van der Waals surface area contributed by atoms with Crippen LogP contribution in [0.5, 0.6) is 5.75 Å². The molecule has 0 unspecified atom stereocenters. The Morgan fingerprint density at radius 1 is 1.21 bits per heavy atom. The van der Waals surface area contributed by atoms with Crippen LogP contribution in [0.25, 0.3) is 11.0 Å². The van der Waals surface area contributed by atoms with Gasteiger partial charge in [0.1, 0.15) is 5.75 Å². The van der Waals surface area contributed by atoms with Crippen LogP contribution in [0, 0.1) is 0 Å². The summed E-state index contributed by atoms with van der Waals surface area (Å²) in [6, 6.07) is 9.64. The van der Waals surface area contributed by atoms with E-state index in [1.165, 1.54) is 31.5 Å². The Labute approximate surface area is 139 Å². The molecule has 0 saturated heterocycles. The molecule has 3 rings (SSSR count). The van der Waals surface area contributed by atoms with Crippen molar-refractivity contribution in [3.63, 3.8) is 0 Å². The van der Waals surface area contributed by atoms with Crippen molar-refractivity contribution >= 4 is 26.8 Å². The summed E-state index contributed by atoms with van der Waals surface area (Å²) in [5.74, 6) is 0.186. The Balaban J connectivity index is 2.35. The lowest BCUT2D eigenvalue weighted by Gasteiger charge is -2.08. The number of ketones is 1. The SMILES string of the molecule is CCOc1ccnc2c1c(C(C)=O)cn2S(=O)(=O)c1ccccc1. The Morgan fingerprint density at radius 3 is 2.54 bits per heavy atom. The number of aromatic nitrogens is 2. The molecule has 24 heavy (non-hydrogen) atoms. The van der Waals surface area contributed by atoms with Gasteiger partial charge in [0, 0.05) is 18.0 Å². The normalized spacial score (nSPS) is 11.6. The van der Waals surface area contributed by atoms with Gasteiger partial charge in [-0.05, 0) is 32.0 Å². The van der Waals surface area contributed by atoms with E-state index >= 15 is 0 Å². The van der Waals surface area contributed by atoms with Crippen LogP contribution in [0.15, 0.2) is 53.7 Å². The minimum absolute atomic E-state index is 0.126. The number of fused-ring (bicyclic) bond motifs is 1. The highest BCUT2D eigenvalue weighted by atomic mass is 32.2. The second kappa shape index (κ2) is 6.09. The summed E-state index contributed by atoms with van der Waals surface area (Å²) in [6.45, 7) is 3.60. The smallest absolute Gasteiger partial charge is 0.269 e. The second-order valence-corrected chi connectivity index (χ2v) is 6.97. The largest absolute Gasteiger partial charge is 0.493 e. The Bertz CT molecular complexity index is 1010. The Hall–Kier alpha value is -2.67.